The highest BCUT2D eigenvalue weighted by atomic mass is 16.2. The van der Waals surface area contributed by atoms with E-state index in [1.165, 1.54) is 0 Å². The van der Waals surface area contributed by atoms with Gasteiger partial charge in [0.05, 0.1) is 12.8 Å². The number of hydrogen-bond acceptors (Lipinski definition) is 3. The molecule has 2 aliphatic heterocycles. The number of nitrogens with zero attached hydrogens (tertiary/aromatic N) is 2. The van der Waals surface area contributed by atoms with Crippen LogP contribution in [-0.4, -0.2) is 53.7 Å². The standard InChI is InChI=1S/C21H21N3O3/c25-19-14-17-12-15(6-7-18(17)22-19)13-20(26)23-8-10-24(11-9-23)21(27)16-4-2-1-3-5-16/h1-7,12H,8-11,13-14H2,(H,22,25). The summed E-state index contributed by atoms with van der Waals surface area (Å²) in [5.74, 6) is 0.0604. The van der Waals surface area contributed by atoms with E-state index in [1.54, 1.807) is 4.90 Å². The predicted molar refractivity (Wildman–Crippen MR) is 101 cm³/mol. The zero-order valence-electron chi connectivity index (χ0n) is 15.0. The molecule has 0 aliphatic carbocycles. The van der Waals surface area contributed by atoms with Crippen LogP contribution in [0.15, 0.2) is 48.5 Å². The summed E-state index contributed by atoms with van der Waals surface area (Å²) in [4.78, 5) is 40.2. The number of hydrogen-bond donors (Lipinski definition) is 1. The van der Waals surface area contributed by atoms with Crippen molar-refractivity contribution in [3.8, 4) is 0 Å². The molecule has 0 spiro atoms. The molecule has 0 aromatic heterocycles. The van der Waals surface area contributed by atoms with Crippen molar-refractivity contribution in [3.63, 3.8) is 0 Å². The molecule has 2 aromatic carbocycles. The van der Waals surface area contributed by atoms with Gasteiger partial charge >= 0.3 is 0 Å². The lowest BCUT2D eigenvalue weighted by Gasteiger charge is -2.35. The number of piperazine rings is 1. The molecule has 1 N–H and O–H groups in total. The lowest BCUT2D eigenvalue weighted by atomic mass is 10.1. The second-order valence-electron chi connectivity index (χ2n) is 6.93. The van der Waals surface area contributed by atoms with Crippen molar-refractivity contribution in [3.05, 3.63) is 65.2 Å². The average Bonchev–Trinajstić information content (AvgIpc) is 3.07. The third kappa shape index (κ3) is 3.69. The zero-order chi connectivity index (χ0) is 18.8. The first-order valence-electron chi connectivity index (χ1n) is 9.14. The first kappa shape index (κ1) is 17.3. The van der Waals surface area contributed by atoms with Crippen LogP contribution in [0.1, 0.15) is 21.5 Å². The summed E-state index contributed by atoms with van der Waals surface area (Å²) >= 11 is 0. The molecular formula is C21H21N3O3. The molecule has 0 radical (unpaired) electrons. The molecule has 1 fully saturated rings. The Labute approximate surface area is 157 Å². The van der Waals surface area contributed by atoms with Crippen molar-refractivity contribution in [1.29, 1.82) is 0 Å². The fraction of sp³-hybridized carbons (Fsp3) is 0.286. The first-order valence-corrected chi connectivity index (χ1v) is 9.14. The van der Waals surface area contributed by atoms with Crippen LogP contribution in [0.25, 0.3) is 0 Å². The third-order valence-electron chi connectivity index (χ3n) is 5.09. The molecule has 0 unspecified atom stereocenters. The van der Waals surface area contributed by atoms with Crippen molar-refractivity contribution in [1.82, 2.24) is 9.80 Å². The summed E-state index contributed by atoms with van der Waals surface area (Å²) < 4.78 is 0. The Morgan fingerprint density at radius 2 is 1.63 bits per heavy atom. The van der Waals surface area contributed by atoms with E-state index in [0.29, 0.717) is 44.6 Å². The van der Waals surface area contributed by atoms with E-state index in [9.17, 15) is 14.4 Å². The molecule has 0 saturated carbocycles. The molecule has 1 saturated heterocycles. The lowest BCUT2D eigenvalue weighted by Crippen LogP contribution is -2.51. The second kappa shape index (κ2) is 7.23. The van der Waals surface area contributed by atoms with Crippen LogP contribution in [0.2, 0.25) is 0 Å². The summed E-state index contributed by atoms with van der Waals surface area (Å²) in [6.07, 6.45) is 0.686. The largest absolute Gasteiger partial charge is 0.339 e. The predicted octanol–water partition coefficient (Wildman–Crippen LogP) is 1.71. The highest BCUT2D eigenvalue weighted by molar-refractivity contribution is 5.99. The molecule has 2 heterocycles. The number of benzene rings is 2. The number of carbonyl (C=O) groups is 3. The number of rotatable bonds is 3. The van der Waals surface area contributed by atoms with Crippen molar-refractivity contribution in [2.75, 3.05) is 31.5 Å². The zero-order valence-corrected chi connectivity index (χ0v) is 15.0. The maximum Gasteiger partial charge on any atom is 0.253 e. The third-order valence-corrected chi connectivity index (χ3v) is 5.09. The van der Waals surface area contributed by atoms with E-state index in [-0.39, 0.29) is 17.7 Å². The SMILES string of the molecule is O=C1Cc2cc(CC(=O)N3CCN(C(=O)c4ccccc4)CC3)ccc2N1. The molecule has 0 atom stereocenters. The van der Waals surface area contributed by atoms with Gasteiger partial charge in [0.25, 0.3) is 5.91 Å². The van der Waals surface area contributed by atoms with Crippen LogP contribution >= 0.6 is 0 Å². The van der Waals surface area contributed by atoms with E-state index in [4.69, 9.17) is 0 Å². The smallest absolute Gasteiger partial charge is 0.253 e. The topological polar surface area (TPSA) is 69.7 Å². The lowest BCUT2D eigenvalue weighted by molar-refractivity contribution is -0.131. The fourth-order valence-electron chi connectivity index (χ4n) is 3.60. The Hall–Kier alpha value is -3.15. The van der Waals surface area contributed by atoms with Gasteiger partial charge < -0.3 is 15.1 Å². The van der Waals surface area contributed by atoms with Crippen molar-refractivity contribution in [2.24, 2.45) is 0 Å². The van der Waals surface area contributed by atoms with Gasteiger partial charge in [-0.05, 0) is 29.3 Å². The van der Waals surface area contributed by atoms with Crippen LogP contribution in [0, 0.1) is 0 Å². The molecule has 6 nitrogen and oxygen atoms in total. The number of anilines is 1. The van der Waals surface area contributed by atoms with Crippen molar-refractivity contribution >= 4 is 23.4 Å². The van der Waals surface area contributed by atoms with Crippen molar-refractivity contribution in [2.45, 2.75) is 12.8 Å². The van der Waals surface area contributed by atoms with Crippen molar-refractivity contribution < 1.29 is 14.4 Å². The summed E-state index contributed by atoms with van der Waals surface area (Å²) in [6.45, 7) is 2.18. The molecule has 0 bridgehead atoms. The molecule has 4 rings (SSSR count). The maximum atomic E-state index is 12.6. The summed E-state index contributed by atoms with van der Waals surface area (Å²) in [6, 6.07) is 14.9. The monoisotopic (exact) mass is 363 g/mol. The number of fused-ring (bicyclic) bond motifs is 1. The van der Waals surface area contributed by atoms with E-state index in [2.05, 4.69) is 5.32 Å². The van der Waals surface area contributed by atoms with Gasteiger partial charge in [0.2, 0.25) is 11.8 Å². The van der Waals surface area contributed by atoms with E-state index in [0.717, 1.165) is 16.8 Å². The van der Waals surface area contributed by atoms with Gasteiger partial charge in [-0.2, -0.15) is 0 Å². The van der Waals surface area contributed by atoms with Gasteiger partial charge in [0.15, 0.2) is 0 Å². The first-order chi connectivity index (χ1) is 13.1. The van der Waals surface area contributed by atoms with Crippen LogP contribution < -0.4 is 5.32 Å². The fourth-order valence-corrected chi connectivity index (χ4v) is 3.60. The Morgan fingerprint density at radius 3 is 2.37 bits per heavy atom. The molecule has 138 valence electrons. The van der Waals surface area contributed by atoms with Gasteiger partial charge in [0.1, 0.15) is 0 Å². The van der Waals surface area contributed by atoms with Gasteiger partial charge in [0, 0.05) is 37.4 Å². The van der Waals surface area contributed by atoms with Gasteiger partial charge in [-0.25, -0.2) is 0 Å². The highest BCUT2D eigenvalue weighted by Crippen LogP contribution is 2.24. The van der Waals surface area contributed by atoms with Gasteiger partial charge in [-0.1, -0.05) is 30.3 Å². The van der Waals surface area contributed by atoms with Crippen LogP contribution in [0.3, 0.4) is 0 Å². The molecule has 6 heteroatoms. The highest BCUT2D eigenvalue weighted by Gasteiger charge is 2.25. The quantitative estimate of drug-likeness (QED) is 0.903. The molecule has 27 heavy (non-hydrogen) atoms. The summed E-state index contributed by atoms with van der Waals surface area (Å²) in [5.41, 5.74) is 3.38. The normalized spacial score (nSPS) is 16.1. The van der Waals surface area contributed by atoms with E-state index < -0.39 is 0 Å². The van der Waals surface area contributed by atoms with E-state index >= 15 is 0 Å². The molecule has 3 amide bonds. The van der Waals surface area contributed by atoms with Gasteiger partial charge in [-0.3, -0.25) is 14.4 Å². The Kier molecular flexibility index (Phi) is 4.62. The molecule has 2 aliphatic rings. The Bertz CT molecular complexity index is 887. The molecule has 2 aromatic rings. The average molecular weight is 363 g/mol. The van der Waals surface area contributed by atoms with Crippen LogP contribution in [0.5, 0.6) is 0 Å². The van der Waals surface area contributed by atoms with E-state index in [1.807, 2.05) is 53.4 Å². The Balaban J connectivity index is 1.33. The number of amides is 3. The minimum absolute atomic E-state index is 0.00678. The van der Waals surface area contributed by atoms with Crippen LogP contribution in [-0.2, 0) is 22.4 Å². The number of nitrogens with one attached hydrogen (secondary N) is 1. The van der Waals surface area contributed by atoms with Gasteiger partial charge in [-0.15, -0.1) is 0 Å². The van der Waals surface area contributed by atoms with Crippen LogP contribution in [0.4, 0.5) is 5.69 Å². The Morgan fingerprint density at radius 1 is 0.926 bits per heavy atom. The minimum atomic E-state index is -0.00678. The molecular weight excluding hydrogens is 342 g/mol. The summed E-state index contributed by atoms with van der Waals surface area (Å²) in [5, 5.41) is 2.80. The summed E-state index contributed by atoms with van der Waals surface area (Å²) in [7, 11) is 0. The number of carbonyl (C=O) groups excluding carboxylic acids is 3. The maximum absolute atomic E-state index is 12.6. The minimum Gasteiger partial charge on any atom is -0.339 e. The second-order valence-corrected chi connectivity index (χ2v) is 6.93.